The van der Waals surface area contributed by atoms with E-state index in [1.165, 1.54) is 9.75 Å². The summed E-state index contributed by atoms with van der Waals surface area (Å²) < 4.78 is 8.63. The predicted molar refractivity (Wildman–Crippen MR) is 32.3 cm³/mol. The van der Waals surface area contributed by atoms with Crippen LogP contribution >= 0.6 is 9.75 Å². The van der Waals surface area contributed by atoms with E-state index in [1.807, 2.05) is 18.2 Å². The van der Waals surface area contributed by atoms with E-state index in [0.29, 0.717) is 0 Å². The summed E-state index contributed by atoms with van der Waals surface area (Å²) in [5.74, 6) is 0. The van der Waals surface area contributed by atoms with Crippen LogP contribution in [0, 0.1) is 0 Å². The van der Waals surface area contributed by atoms with Gasteiger partial charge in [0.1, 0.15) is 0 Å². The van der Waals surface area contributed by atoms with Crippen molar-refractivity contribution in [3.8, 4) is 0 Å². The Kier molecular flexibility index (Phi) is 3.19. The van der Waals surface area contributed by atoms with E-state index in [0.717, 1.165) is 5.03 Å². The van der Waals surface area contributed by atoms with Crippen molar-refractivity contribution >= 4 is 9.75 Å². The van der Waals surface area contributed by atoms with Gasteiger partial charge in [0.05, 0.1) is 0 Å². The van der Waals surface area contributed by atoms with E-state index in [2.05, 4.69) is 4.98 Å². The quantitative estimate of drug-likeness (QED) is 0.712. The van der Waals surface area contributed by atoms with Gasteiger partial charge in [-0.2, -0.15) is 0 Å². The van der Waals surface area contributed by atoms with Crippen molar-refractivity contribution in [1.82, 2.24) is 4.98 Å². The standard InChI is InChI=1S/C5H5NS.H2O.Zn/c7-5-3-1-2-4-6-5;;/h1-4H,(H,6,7);1H2;/q;;+2/p-2. The third-order valence-electron chi connectivity index (χ3n) is 0.850. The Morgan fingerprint density at radius 2 is 2.44 bits per heavy atom. The summed E-state index contributed by atoms with van der Waals surface area (Å²) in [5.41, 5.74) is 0. The molecule has 1 heterocycles. The second kappa shape index (κ2) is 3.99. The van der Waals surface area contributed by atoms with Gasteiger partial charge in [-0.05, 0) is 0 Å². The molecule has 0 saturated heterocycles. The second-order valence-corrected chi connectivity index (χ2v) is 5.85. The molecule has 0 aliphatic rings. The van der Waals surface area contributed by atoms with Gasteiger partial charge in [-0.1, -0.05) is 0 Å². The van der Waals surface area contributed by atoms with Gasteiger partial charge >= 0.3 is 64.4 Å². The maximum atomic E-state index is 8.63. The number of nitrogens with zero attached hydrogens (tertiary/aromatic N) is 1. The Morgan fingerprint density at radius 1 is 1.56 bits per heavy atom. The molecular formula is C5H5NOSZn. The number of aromatic nitrogens is 1. The van der Waals surface area contributed by atoms with Crippen molar-refractivity contribution in [3.63, 3.8) is 0 Å². The van der Waals surface area contributed by atoms with Gasteiger partial charge in [-0.3, -0.25) is 0 Å². The van der Waals surface area contributed by atoms with Gasteiger partial charge in [-0.15, -0.1) is 0 Å². The van der Waals surface area contributed by atoms with Crippen LogP contribution in [0.2, 0.25) is 0 Å². The van der Waals surface area contributed by atoms with Crippen molar-refractivity contribution in [1.29, 1.82) is 0 Å². The van der Waals surface area contributed by atoms with Gasteiger partial charge < -0.3 is 0 Å². The molecule has 0 saturated carbocycles. The first-order valence-corrected chi connectivity index (χ1v) is 8.53. The van der Waals surface area contributed by atoms with Gasteiger partial charge in [0, 0.05) is 0 Å². The molecule has 0 aliphatic carbocycles. The van der Waals surface area contributed by atoms with E-state index in [4.69, 9.17) is 3.93 Å². The fraction of sp³-hybridized carbons (Fsp3) is 0. The minimum absolute atomic E-state index is 0.944. The van der Waals surface area contributed by atoms with Gasteiger partial charge in [-0.25, -0.2) is 0 Å². The molecule has 1 aromatic heterocycles. The molecule has 0 fully saturated rings. The van der Waals surface area contributed by atoms with Crippen molar-refractivity contribution in [2.24, 2.45) is 0 Å². The van der Waals surface area contributed by atoms with Crippen LogP contribution in [0.4, 0.5) is 0 Å². The van der Waals surface area contributed by atoms with E-state index in [1.54, 1.807) is 6.20 Å². The average molecular weight is 193 g/mol. The zero-order chi connectivity index (χ0) is 6.53. The topological polar surface area (TPSA) is 33.1 Å². The summed E-state index contributed by atoms with van der Waals surface area (Å²) in [6, 6.07) is 5.70. The third kappa shape index (κ3) is 2.44. The third-order valence-corrected chi connectivity index (χ3v) is 4.19. The Morgan fingerprint density at radius 3 is 3.00 bits per heavy atom. The summed E-state index contributed by atoms with van der Waals surface area (Å²) in [4.78, 5) is 4.02. The summed E-state index contributed by atoms with van der Waals surface area (Å²) in [6.07, 6.45) is 1.74. The number of hydrogen-bond donors (Lipinski definition) is 1. The van der Waals surface area contributed by atoms with Crippen LogP contribution in [0.15, 0.2) is 29.4 Å². The van der Waals surface area contributed by atoms with Crippen LogP contribution in [0.25, 0.3) is 0 Å². The summed E-state index contributed by atoms with van der Waals surface area (Å²) in [5, 5.41) is 0.944. The molecule has 1 aromatic rings. The SMILES string of the molecule is [OH][Zn][S]c1ccccn1. The fourth-order valence-electron chi connectivity index (χ4n) is 0.499. The molecule has 0 spiro atoms. The van der Waals surface area contributed by atoms with Gasteiger partial charge in [0.2, 0.25) is 0 Å². The number of pyridine rings is 1. The van der Waals surface area contributed by atoms with E-state index in [-0.39, 0.29) is 0 Å². The predicted octanol–water partition coefficient (Wildman–Crippen LogP) is 1.08. The average Bonchev–Trinajstić information content (AvgIpc) is 1.91. The Labute approximate surface area is 64.5 Å². The zero-order valence-electron chi connectivity index (χ0n) is 4.82. The molecule has 1 rings (SSSR count). The van der Waals surface area contributed by atoms with Crippen molar-refractivity contribution in [2.45, 2.75) is 5.03 Å². The Hall–Kier alpha value is 0.0834. The van der Waals surface area contributed by atoms with Crippen LogP contribution < -0.4 is 0 Å². The van der Waals surface area contributed by atoms with Crippen LogP contribution in [0.5, 0.6) is 0 Å². The van der Waals surface area contributed by atoms with E-state index >= 15 is 0 Å². The van der Waals surface area contributed by atoms with Crippen molar-refractivity contribution in [2.75, 3.05) is 0 Å². The molecule has 9 heavy (non-hydrogen) atoms. The molecule has 0 unspecified atom stereocenters. The molecule has 0 atom stereocenters. The van der Waals surface area contributed by atoms with Crippen LogP contribution in [0.1, 0.15) is 0 Å². The number of rotatable bonds is 2. The number of hydrogen-bond acceptors (Lipinski definition) is 3. The van der Waals surface area contributed by atoms with Crippen LogP contribution in [-0.2, 0) is 16.3 Å². The first-order chi connectivity index (χ1) is 4.43. The molecule has 1 N–H and O–H groups in total. The molecule has 0 aliphatic heterocycles. The van der Waals surface area contributed by atoms with Gasteiger partial charge in [0.25, 0.3) is 0 Å². The first-order valence-electron chi connectivity index (χ1n) is 2.58. The van der Waals surface area contributed by atoms with E-state index < -0.39 is 16.3 Å². The molecule has 2 nitrogen and oxygen atoms in total. The monoisotopic (exact) mass is 191 g/mol. The normalized spacial score (nSPS) is 8.56. The second-order valence-electron chi connectivity index (χ2n) is 1.44. The first kappa shape index (κ1) is 7.19. The van der Waals surface area contributed by atoms with Crippen molar-refractivity contribution < 1.29 is 20.2 Å². The summed E-state index contributed by atoms with van der Waals surface area (Å²) in [7, 11) is 1.51. The van der Waals surface area contributed by atoms with Crippen LogP contribution in [0.3, 0.4) is 0 Å². The molecule has 4 heteroatoms. The zero-order valence-corrected chi connectivity index (χ0v) is 8.60. The molecule has 0 amide bonds. The fourth-order valence-corrected chi connectivity index (χ4v) is 2.85. The molecule has 0 bridgehead atoms. The summed E-state index contributed by atoms with van der Waals surface area (Å²) >= 11 is -1.29. The van der Waals surface area contributed by atoms with Crippen molar-refractivity contribution in [3.05, 3.63) is 24.4 Å². The van der Waals surface area contributed by atoms with Gasteiger partial charge in [0.15, 0.2) is 0 Å². The van der Waals surface area contributed by atoms with E-state index in [9.17, 15) is 0 Å². The molecular weight excluding hydrogens is 188 g/mol. The minimum atomic E-state index is -1.29. The Bertz CT molecular complexity index is 170. The molecule has 0 radical (unpaired) electrons. The van der Waals surface area contributed by atoms with Crippen LogP contribution in [-0.4, -0.2) is 8.92 Å². The molecule has 44 valence electrons. The molecule has 0 aromatic carbocycles. The maximum absolute atomic E-state index is 8.63. The summed E-state index contributed by atoms with van der Waals surface area (Å²) in [6.45, 7) is 0. The Balaban J connectivity index is 2.61.